The van der Waals surface area contributed by atoms with E-state index in [-0.39, 0.29) is 11.3 Å². The van der Waals surface area contributed by atoms with Crippen LogP contribution in [0, 0.1) is 23.2 Å². The van der Waals surface area contributed by atoms with Gasteiger partial charge in [0.1, 0.15) is 5.60 Å². The number of hydrogen-bond acceptors (Lipinski definition) is 0. The van der Waals surface area contributed by atoms with Gasteiger partial charge in [-0.3, -0.25) is 0 Å². The summed E-state index contributed by atoms with van der Waals surface area (Å²) >= 11 is 0. The Morgan fingerprint density at radius 1 is 1.21 bits per heavy atom. The van der Waals surface area contributed by atoms with E-state index in [1.54, 1.807) is 0 Å². The highest BCUT2D eigenvalue weighted by Crippen LogP contribution is 2.38. The zero-order chi connectivity index (χ0) is 11.4. The smallest absolute Gasteiger partial charge is 0.108 e. The lowest BCUT2D eigenvalue weighted by molar-refractivity contribution is -0.135. The van der Waals surface area contributed by atoms with Crippen LogP contribution < -0.4 is 0 Å². The molecule has 0 N–H and O–H groups in total. The molecule has 2 unspecified atom stereocenters. The monoisotopic (exact) mass is 195 g/mol. The topological polar surface area (TPSA) is 19.9 Å². The molecular weight excluding hydrogens is 172 g/mol. The lowest BCUT2D eigenvalue weighted by Crippen LogP contribution is -2.44. The van der Waals surface area contributed by atoms with E-state index >= 15 is 0 Å². The van der Waals surface area contributed by atoms with Crippen molar-refractivity contribution < 1.29 is 5.11 Å². The lowest BCUT2D eigenvalue weighted by atomic mass is 9.69. The van der Waals surface area contributed by atoms with Crippen molar-refractivity contribution in [3.8, 4) is 11.8 Å². The van der Waals surface area contributed by atoms with Crippen LogP contribution >= 0.6 is 0 Å². The van der Waals surface area contributed by atoms with E-state index in [4.69, 9.17) is 0 Å². The molecule has 0 rings (SSSR count). The zero-order valence-corrected chi connectivity index (χ0v) is 10.4. The first-order valence-corrected chi connectivity index (χ1v) is 5.33. The fourth-order valence-corrected chi connectivity index (χ4v) is 1.43. The van der Waals surface area contributed by atoms with Crippen molar-refractivity contribution in [2.45, 2.75) is 60.0 Å². The Morgan fingerprint density at radius 2 is 1.71 bits per heavy atom. The Labute approximate surface area is 88.9 Å². The Hall–Kier alpha value is -0.480. The second-order valence-corrected chi connectivity index (χ2v) is 5.22. The minimum atomic E-state index is -0.873. The fraction of sp³-hybridized carbons (Fsp3) is 0.846. The van der Waals surface area contributed by atoms with E-state index in [1.807, 2.05) is 41.5 Å². The van der Waals surface area contributed by atoms with Crippen molar-refractivity contribution in [1.29, 1.82) is 0 Å². The number of hydrogen-bond donors (Lipinski definition) is 0. The second kappa shape index (κ2) is 4.84. The maximum Gasteiger partial charge on any atom is 0.108 e. The summed E-state index contributed by atoms with van der Waals surface area (Å²) in [4.78, 5) is 0. The molecule has 0 saturated heterocycles. The van der Waals surface area contributed by atoms with Gasteiger partial charge in [-0.05, 0) is 31.6 Å². The van der Waals surface area contributed by atoms with Crippen LogP contribution in [-0.2, 0) is 5.11 Å². The third-order valence-electron chi connectivity index (χ3n) is 3.31. The summed E-state index contributed by atoms with van der Waals surface area (Å²) < 4.78 is 0. The van der Waals surface area contributed by atoms with Crippen LogP contribution in [0.1, 0.15) is 54.4 Å². The normalized spacial score (nSPS) is 17.9. The van der Waals surface area contributed by atoms with Crippen LogP contribution in [-0.4, -0.2) is 5.60 Å². The Bertz CT molecular complexity index is 222. The highest BCUT2D eigenvalue weighted by atomic mass is 16.3. The molecule has 0 aliphatic carbocycles. The summed E-state index contributed by atoms with van der Waals surface area (Å²) in [6.45, 7) is 11.7. The van der Waals surface area contributed by atoms with Crippen LogP contribution in [0.2, 0.25) is 0 Å². The van der Waals surface area contributed by atoms with Crippen molar-refractivity contribution in [1.82, 2.24) is 0 Å². The first kappa shape index (κ1) is 13.5. The van der Waals surface area contributed by atoms with Crippen LogP contribution in [0.25, 0.3) is 0 Å². The first-order chi connectivity index (χ1) is 6.23. The van der Waals surface area contributed by atoms with E-state index in [1.165, 1.54) is 0 Å². The molecule has 0 fully saturated rings. The predicted molar refractivity (Wildman–Crippen MR) is 60.4 cm³/mol. The molecule has 0 heterocycles. The van der Waals surface area contributed by atoms with Gasteiger partial charge in [0.05, 0.1) is 0 Å². The van der Waals surface area contributed by atoms with Gasteiger partial charge in [-0.25, -0.2) is 5.11 Å². The molecule has 1 heteroatoms. The molecule has 0 aromatic heterocycles. The summed E-state index contributed by atoms with van der Waals surface area (Å²) in [6, 6.07) is 0. The van der Waals surface area contributed by atoms with Crippen molar-refractivity contribution >= 4 is 0 Å². The molecule has 2 atom stereocenters. The molecule has 0 aliphatic rings. The Kier molecular flexibility index (Phi) is 4.68. The molecule has 0 saturated carbocycles. The largest absolute Gasteiger partial charge is 0.229 e. The predicted octanol–water partition coefficient (Wildman–Crippen LogP) is 3.66. The minimum absolute atomic E-state index is 0.170. The maximum atomic E-state index is 12.4. The quantitative estimate of drug-likeness (QED) is 0.612. The molecule has 0 bridgehead atoms. The molecule has 0 aliphatic heterocycles. The molecule has 81 valence electrons. The zero-order valence-electron chi connectivity index (χ0n) is 10.4. The highest BCUT2D eigenvalue weighted by molar-refractivity contribution is 4.97. The van der Waals surface area contributed by atoms with Crippen molar-refractivity contribution in [3.63, 3.8) is 0 Å². The van der Waals surface area contributed by atoms with Crippen molar-refractivity contribution in [2.75, 3.05) is 0 Å². The van der Waals surface area contributed by atoms with E-state index in [0.29, 0.717) is 0 Å². The molecule has 0 amide bonds. The van der Waals surface area contributed by atoms with Crippen molar-refractivity contribution in [3.05, 3.63) is 0 Å². The van der Waals surface area contributed by atoms with Gasteiger partial charge in [-0.2, -0.15) is 0 Å². The first-order valence-electron chi connectivity index (χ1n) is 5.33. The second-order valence-electron chi connectivity index (χ2n) is 5.22. The standard InChI is InChI=1S/C13H23O/c1-7-8-9-10-11(2)13(6,14)12(3,4)5/h11H,9-10H2,1-6H3. The molecule has 0 aromatic carbocycles. The molecule has 0 spiro atoms. The summed E-state index contributed by atoms with van der Waals surface area (Å²) in [6.07, 6.45) is 1.74. The van der Waals surface area contributed by atoms with Gasteiger partial charge in [0, 0.05) is 6.42 Å². The highest BCUT2D eigenvalue weighted by Gasteiger charge is 2.41. The third-order valence-corrected chi connectivity index (χ3v) is 3.31. The van der Waals surface area contributed by atoms with Crippen LogP contribution in [0.4, 0.5) is 0 Å². The van der Waals surface area contributed by atoms with Gasteiger partial charge < -0.3 is 0 Å². The van der Waals surface area contributed by atoms with Gasteiger partial charge in [0.2, 0.25) is 0 Å². The molecule has 14 heavy (non-hydrogen) atoms. The van der Waals surface area contributed by atoms with Gasteiger partial charge in [-0.15, -0.1) is 11.8 Å². The summed E-state index contributed by atoms with van der Waals surface area (Å²) in [7, 11) is 0. The Morgan fingerprint density at radius 3 is 2.07 bits per heavy atom. The summed E-state index contributed by atoms with van der Waals surface area (Å²) in [5.74, 6) is 6.04. The molecule has 1 radical (unpaired) electrons. The van der Waals surface area contributed by atoms with E-state index in [2.05, 4.69) is 11.8 Å². The van der Waals surface area contributed by atoms with Gasteiger partial charge in [-0.1, -0.05) is 27.7 Å². The average Bonchev–Trinajstić information content (AvgIpc) is 2.02. The van der Waals surface area contributed by atoms with Gasteiger partial charge in [0.25, 0.3) is 0 Å². The summed E-state index contributed by atoms with van der Waals surface area (Å²) in [5, 5.41) is 12.4. The molecule has 1 nitrogen and oxygen atoms in total. The van der Waals surface area contributed by atoms with Crippen LogP contribution in [0.3, 0.4) is 0 Å². The fourth-order valence-electron chi connectivity index (χ4n) is 1.43. The lowest BCUT2D eigenvalue weighted by Gasteiger charge is -2.39. The third kappa shape index (κ3) is 3.35. The van der Waals surface area contributed by atoms with Gasteiger partial charge in [0.15, 0.2) is 0 Å². The molecular formula is C13H23O. The van der Waals surface area contributed by atoms with Crippen LogP contribution in [0.15, 0.2) is 0 Å². The SMILES string of the molecule is CC#CCCC(C)C(C)([O])C(C)(C)C. The average molecular weight is 195 g/mol. The van der Waals surface area contributed by atoms with Crippen molar-refractivity contribution in [2.24, 2.45) is 11.3 Å². The summed E-state index contributed by atoms with van der Waals surface area (Å²) in [5.41, 5.74) is -1.06. The van der Waals surface area contributed by atoms with E-state index in [9.17, 15) is 5.11 Å². The number of rotatable bonds is 3. The Balaban J connectivity index is 4.33. The van der Waals surface area contributed by atoms with E-state index < -0.39 is 5.60 Å². The minimum Gasteiger partial charge on any atom is -0.229 e. The molecule has 0 aromatic rings. The maximum absolute atomic E-state index is 12.4. The van der Waals surface area contributed by atoms with Crippen LogP contribution in [0.5, 0.6) is 0 Å². The van der Waals surface area contributed by atoms with Gasteiger partial charge >= 0.3 is 0 Å². The van der Waals surface area contributed by atoms with E-state index in [0.717, 1.165) is 12.8 Å².